The van der Waals surface area contributed by atoms with E-state index in [-0.39, 0.29) is 23.5 Å². The molecule has 8 heteroatoms. The molecule has 2 aromatic rings. The number of sulfone groups is 1. The number of anilines is 1. The first-order valence-corrected chi connectivity index (χ1v) is 12.0. The Morgan fingerprint density at radius 3 is 2.89 bits per heavy atom. The molecule has 1 aromatic heterocycles. The van der Waals surface area contributed by atoms with E-state index in [2.05, 4.69) is 28.6 Å². The highest BCUT2D eigenvalue weighted by atomic mass is 32.2. The summed E-state index contributed by atoms with van der Waals surface area (Å²) < 4.78 is 25.2. The molecule has 2 aliphatic rings. The molecule has 1 fully saturated rings. The van der Waals surface area contributed by atoms with E-state index >= 15 is 0 Å². The van der Waals surface area contributed by atoms with Gasteiger partial charge in [0.1, 0.15) is 5.82 Å². The minimum Gasteiger partial charge on any atom is -0.310 e. The van der Waals surface area contributed by atoms with E-state index in [1.807, 2.05) is 6.92 Å². The van der Waals surface area contributed by atoms with Crippen LogP contribution in [0.5, 0.6) is 0 Å². The van der Waals surface area contributed by atoms with Gasteiger partial charge in [-0.05, 0) is 55.9 Å². The zero-order valence-electron chi connectivity index (χ0n) is 15.3. The Morgan fingerprint density at radius 1 is 1.30 bits per heavy atom. The molecule has 27 heavy (non-hydrogen) atoms. The van der Waals surface area contributed by atoms with Crippen LogP contribution in [0.2, 0.25) is 0 Å². The highest BCUT2D eigenvalue weighted by molar-refractivity contribution is 8.00. The largest absolute Gasteiger partial charge is 0.310 e. The van der Waals surface area contributed by atoms with Crippen molar-refractivity contribution in [3.05, 3.63) is 41.1 Å². The van der Waals surface area contributed by atoms with Gasteiger partial charge in [-0.15, -0.1) is 11.8 Å². The lowest BCUT2D eigenvalue weighted by Gasteiger charge is -2.13. The Kier molecular flexibility index (Phi) is 5.03. The van der Waals surface area contributed by atoms with Gasteiger partial charge in [0.15, 0.2) is 9.84 Å². The van der Waals surface area contributed by atoms with E-state index in [0.717, 1.165) is 23.4 Å². The molecule has 0 radical (unpaired) electrons. The fourth-order valence-electron chi connectivity index (χ4n) is 3.82. The van der Waals surface area contributed by atoms with Crippen LogP contribution in [0, 0.1) is 6.92 Å². The summed E-state index contributed by atoms with van der Waals surface area (Å²) in [4.78, 5) is 13.5. The lowest BCUT2D eigenvalue weighted by atomic mass is 10.1. The van der Waals surface area contributed by atoms with E-state index in [0.29, 0.717) is 18.0 Å². The van der Waals surface area contributed by atoms with Gasteiger partial charge in [-0.1, -0.05) is 6.07 Å². The van der Waals surface area contributed by atoms with Gasteiger partial charge < -0.3 is 5.32 Å². The molecule has 1 aliphatic heterocycles. The van der Waals surface area contributed by atoms with Crippen molar-refractivity contribution in [2.75, 3.05) is 22.6 Å². The van der Waals surface area contributed by atoms with Crippen molar-refractivity contribution in [3.8, 4) is 0 Å². The molecule has 1 amide bonds. The quantitative estimate of drug-likeness (QED) is 0.774. The fraction of sp³-hybridized carbons (Fsp3) is 0.474. The number of amides is 1. The number of hydrogen-bond donors (Lipinski definition) is 1. The highest BCUT2D eigenvalue weighted by Gasteiger charge is 2.31. The van der Waals surface area contributed by atoms with Crippen molar-refractivity contribution in [2.45, 2.75) is 43.5 Å². The third-order valence-electron chi connectivity index (χ3n) is 5.12. The molecule has 1 aliphatic carbocycles. The van der Waals surface area contributed by atoms with Crippen LogP contribution in [0.25, 0.3) is 0 Å². The standard InChI is InChI=1S/C19H23N3O3S2/c1-13-9-18(22(21-13)16-7-8-27(24,25)12-16)20-19(23)11-26-17-6-5-14-3-2-4-15(14)10-17/h5-6,9-10,16H,2-4,7-8,11-12H2,1H3,(H,20,23)/t16-/m1/s1. The molecule has 4 rings (SSSR count). The Balaban J connectivity index is 1.40. The van der Waals surface area contributed by atoms with Crippen molar-refractivity contribution in [2.24, 2.45) is 0 Å². The molecule has 0 spiro atoms. The summed E-state index contributed by atoms with van der Waals surface area (Å²) in [5, 5.41) is 7.30. The average Bonchev–Trinajstić information content (AvgIpc) is 3.31. The number of rotatable bonds is 5. The predicted molar refractivity (Wildman–Crippen MR) is 107 cm³/mol. The first-order chi connectivity index (χ1) is 12.9. The minimum absolute atomic E-state index is 0.0842. The van der Waals surface area contributed by atoms with Crippen LogP contribution in [0.1, 0.15) is 35.7 Å². The Bertz CT molecular complexity index is 982. The lowest BCUT2D eigenvalue weighted by Crippen LogP contribution is -2.20. The van der Waals surface area contributed by atoms with E-state index in [4.69, 9.17) is 0 Å². The smallest absolute Gasteiger partial charge is 0.235 e. The monoisotopic (exact) mass is 405 g/mol. The molecule has 0 saturated carbocycles. The molecule has 144 valence electrons. The van der Waals surface area contributed by atoms with Crippen LogP contribution < -0.4 is 5.32 Å². The van der Waals surface area contributed by atoms with E-state index < -0.39 is 9.84 Å². The van der Waals surface area contributed by atoms with Crippen LogP contribution in [0.4, 0.5) is 5.82 Å². The number of fused-ring (bicyclic) bond motifs is 1. The maximum atomic E-state index is 12.4. The number of hydrogen-bond acceptors (Lipinski definition) is 5. The topological polar surface area (TPSA) is 81.1 Å². The van der Waals surface area contributed by atoms with Gasteiger partial charge in [0.25, 0.3) is 0 Å². The van der Waals surface area contributed by atoms with Crippen LogP contribution in [-0.4, -0.2) is 41.4 Å². The maximum Gasteiger partial charge on any atom is 0.235 e. The molecule has 1 aromatic carbocycles. The maximum absolute atomic E-state index is 12.4. The molecule has 0 unspecified atom stereocenters. The number of carbonyl (C=O) groups excluding carboxylic acids is 1. The minimum atomic E-state index is -3.01. The molecule has 0 bridgehead atoms. The van der Waals surface area contributed by atoms with Crippen LogP contribution in [-0.2, 0) is 27.5 Å². The Hall–Kier alpha value is -1.80. The summed E-state index contributed by atoms with van der Waals surface area (Å²) in [5.41, 5.74) is 3.59. The molecule has 1 N–H and O–H groups in total. The molecule has 1 saturated heterocycles. The number of nitrogens with one attached hydrogen (secondary N) is 1. The fourth-order valence-corrected chi connectivity index (χ4v) is 6.27. The van der Waals surface area contributed by atoms with Crippen LogP contribution >= 0.6 is 11.8 Å². The average molecular weight is 406 g/mol. The van der Waals surface area contributed by atoms with Crippen molar-refractivity contribution >= 4 is 33.3 Å². The third kappa shape index (κ3) is 4.21. The SMILES string of the molecule is Cc1cc(NC(=O)CSc2ccc3c(c2)CCC3)n([C@@H]2CCS(=O)(=O)C2)n1. The highest BCUT2D eigenvalue weighted by Crippen LogP contribution is 2.29. The van der Waals surface area contributed by atoms with Gasteiger partial charge in [-0.25, -0.2) is 13.1 Å². The summed E-state index contributed by atoms with van der Waals surface area (Å²) in [7, 11) is -3.01. The van der Waals surface area contributed by atoms with Crippen molar-refractivity contribution in [1.82, 2.24) is 9.78 Å². The van der Waals surface area contributed by atoms with E-state index in [1.165, 1.54) is 29.3 Å². The van der Waals surface area contributed by atoms with Crippen molar-refractivity contribution in [1.29, 1.82) is 0 Å². The molecule has 2 heterocycles. The first-order valence-electron chi connectivity index (χ1n) is 9.21. The number of thioether (sulfide) groups is 1. The van der Waals surface area contributed by atoms with E-state index in [1.54, 1.807) is 10.7 Å². The van der Waals surface area contributed by atoms with Gasteiger partial charge in [-0.3, -0.25) is 4.79 Å². The lowest BCUT2D eigenvalue weighted by molar-refractivity contribution is -0.113. The second-order valence-corrected chi connectivity index (χ2v) is 10.6. The van der Waals surface area contributed by atoms with Crippen molar-refractivity contribution in [3.63, 3.8) is 0 Å². The van der Waals surface area contributed by atoms with Gasteiger partial charge in [0.2, 0.25) is 5.91 Å². The van der Waals surface area contributed by atoms with Gasteiger partial charge >= 0.3 is 0 Å². The molecule has 6 nitrogen and oxygen atoms in total. The third-order valence-corrected chi connectivity index (χ3v) is 7.86. The van der Waals surface area contributed by atoms with Gasteiger partial charge in [0, 0.05) is 11.0 Å². The second-order valence-electron chi connectivity index (χ2n) is 7.29. The Morgan fingerprint density at radius 2 is 2.11 bits per heavy atom. The summed E-state index contributed by atoms with van der Waals surface area (Å²) in [6.07, 6.45) is 4.03. The number of aromatic nitrogens is 2. The number of carbonyl (C=O) groups is 1. The molecule has 1 atom stereocenters. The number of nitrogens with zero attached hydrogens (tertiary/aromatic N) is 2. The molecular formula is C19H23N3O3S2. The number of aryl methyl sites for hydroxylation is 3. The van der Waals surface area contributed by atoms with E-state index in [9.17, 15) is 13.2 Å². The summed E-state index contributed by atoms with van der Waals surface area (Å²) >= 11 is 1.52. The normalized spacial score (nSPS) is 20.6. The van der Waals surface area contributed by atoms with Gasteiger partial charge in [-0.2, -0.15) is 5.10 Å². The summed E-state index contributed by atoms with van der Waals surface area (Å²) in [6, 6.07) is 8.03. The Labute approximate surface area is 163 Å². The zero-order chi connectivity index (χ0) is 19.0. The zero-order valence-corrected chi connectivity index (χ0v) is 16.9. The molecular weight excluding hydrogens is 382 g/mol. The second kappa shape index (κ2) is 7.31. The van der Waals surface area contributed by atoms with Crippen molar-refractivity contribution < 1.29 is 13.2 Å². The first kappa shape index (κ1) is 18.6. The van der Waals surface area contributed by atoms with Crippen LogP contribution in [0.3, 0.4) is 0 Å². The van der Waals surface area contributed by atoms with Gasteiger partial charge in [0.05, 0.1) is 29.0 Å². The summed E-state index contributed by atoms with van der Waals surface area (Å²) in [6.45, 7) is 1.84. The van der Waals surface area contributed by atoms with Crippen LogP contribution in [0.15, 0.2) is 29.2 Å². The number of benzene rings is 1. The summed E-state index contributed by atoms with van der Waals surface area (Å²) in [5.74, 6) is 1.04. The predicted octanol–water partition coefficient (Wildman–Crippen LogP) is 2.77.